The highest BCUT2D eigenvalue weighted by atomic mass is 35.5. The summed E-state index contributed by atoms with van der Waals surface area (Å²) < 4.78 is 0. The zero-order valence-corrected chi connectivity index (χ0v) is 12.0. The predicted molar refractivity (Wildman–Crippen MR) is 76.9 cm³/mol. The van der Waals surface area contributed by atoms with Crippen LogP contribution in [0.25, 0.3) is 0 Å². The smallest absolute Gasteiger partial charge is 0.254 e. The van der Waals surface area contributed by atoms with Crippen LogP contribution >= 0.6 is 23.2 Å². The molecule has 1 amide bonds. The minimum atomic E-state index is 0.0283. The van der Waals surface area contributed by atoms with E-state index in [1.54, 1.807) is 18.2 Å². The highest BCUT2D eigenvalue weighted by molar-refractivity contribution is 6.35. The molecule has 0 aliphatic carbocycles. The van der Waals surface area contributed by atoms with Crippen LogP contribution in [0.2, 0.25) is 10.0 Å². The van der Waals surface area contributed by atoms with E-state index < -0.39 is 0 Å². The zero-order chi connectivity index (χ0) is 13.4. The van der Waals surface area contributed by atoms with Crippen molar-refractivity contribution < 1.29 is 4.79 Å². The van der Waals surface area contributed by atoms with Crippen LogP contribution in [0.15, 0.2) is 18.2 Å². The minimum Gasteiger partial charge on any atom is -0.337 e. The second kappa shape index (κ2) is 5.31. The van der Waals surface area contributed by atoms with Gasteiger partial charge in [0.15, 0.2) is 0 Å². The van der Waals surface area contributed by atoms with E-state index in [-0.39, 0.29) is 5.91 Å². The molecular formula is C14H16Cl2N2O. The van der Waals surface area contributed by atoms with Gasteiger partial charge >= 0.3 is 0 Å². The number of amides is 1. The van der Waals surface area contributed by atoms with Crippen molar-refractivity contribution in [1.29, 1.82) is 0 Å². The van der Waals surface area contributed by atoms with Gasteiger partial charge in [-0.3, -0.25) is 4.79 Å². The Kier molecular flexibility index (Phi) is 3.70. The van der Waals surface area contributed by atoms with Crippen molar-refractivity contribution in [2.75, 3.05) is 19.6 Å². The Labute approximate surface area is 122 Å². The first-order valence-electron chi connectivity index (χ1n) is 6.62. The maximum atomic E-state index is 12.5. The molecule has 2 saturated heterocycles. The Hall–Kier alpha value is -0.770. The summed E-state index contributed by atoms with van der Waals surface area (Å²) in [5.41, 5.74) is 0.580. The summed E-state index contributed by atoms with van der Waals surface area (Å²) in [4.78, 5) is 14.4. The van der Waals surface area contributed by atoms with Crippen LogP contribution in [0.4, 0.5) is 0 Å². The first kappa shape index (κ1) is 13.2. The molecule has 2 atom stereocenters. The van der Waals surface area contributed by atoms with Gasteiger partial charge in [0.05, 0.1) is 0 Å². The van der Waals surface area contributed by atoms with Crippen molar-refractivity contribution in [3.05, 3.63) is 33.8 Å². The van der Waals surface area contributed by atoms with E-state index in [9.17, 15) is 4.79 Å². The lowest BCUT2D eigenvalue weighted by atomic mass is 9.94. The fourth-order valence-electron chi connectivity index (χ4n) is 3.07. The number of benzene rings is 1. The van der Waals surface area contributed by atoms with Crippen LogP contribution in [-0.4, -0.2) is 36.5 Å². The minimum absolute atomic E-state index is 0.0283. The van der Waals surface area contributed by atoms with E-state index in [0.29, 0.717) is 27.6 Å². The number of halogens is 2. The molecule has 0 radical (unpaired) electrons. The lowest BCUT2D eigenvalue weighted by Gasteiger charge is -2.24. The van der Waals surface area contributed by atoms with Crippen LogP contribution in [0, 0.1) is 5.92 Å². The van der Waals surface area contributed by atoms with Crippen molar-refractivity contribution in [1.82, 2.24) is 10.2 Å². The Morgan fingerprint density at radius 3 is 2.63 bits per heavy atom. The molecule has 2 fully saturated rings. The topological polar surface area (TPSA) is 32.3 Å². The van der Waals surface area contributed by atoms with Gasteiger partial charge in [0.25, 0.3) is 5.91 Å². The number of carbonyl (C=O) groups is 1. The number of nitrogens with one attached hydrogen (secondary N) is 1. The van der Waals surface area contributed by atoms with Gasteiger partial charge in [0, 0.05) is 34.7 Å². The summed E-state index contributed by atoms with van der Waals surface area (Å²) in [6.45, 7) is 2.68. The molecule has 0 unspecified atom stereocenters. The molecule has 1 N–H and O–H groups in total. The van der Waals surface area contributed by atoms with Crippen LogP contribution in [0.1, 0.15) is 23.2 Å². The third kappa shape index (κ3) is 2.73. The number of hydrogen-bond donors (Lipinski definition) is 1. The average molecular weight is 299 g/mol. The quantitative estimate of drug-likeness (QED) is 0.865. The Morgan fingerprint density at radius 2 is 1.95 bits per heavy atom. The predicted octanol–water partition coefficient (Wildman–Crippen LogP) is 2.82. The molecule has 3 nitrogen and oxygen atoms in total. The van der Waals surface area contributed by atoms with E-state index >= 15 is 0 Å². The number of rotatable bonds is 1. The monoisotopic (exact) mass is 298 g/mol. The average Bonchev–Trinajstić information content (AvgIpc) is 2.80. The first-order chi connectivity index (χ1) is 9.13. The molecule has 3 rings (SSSR count). The first-order valence-corrected chi connectivity index (χ1v) is 7.38. The summed E-state index contributed by atoms with van der Waals surface area (Å²) in [6.07, 6.45) is 2.41. The molecule has 1 aromatic rings. The molecule has 2 aliphatic rings. The number of hydrogen-bond acceptors (Lipinski definition) is 2. The summed E-state index contributed by atoms with van der Waals surface area (Å²) >= 11 is 11.9. The number of piperidine rings is 1. The largest absolute Gasteiger partial charge is 0.337 e. The van der Waals surface area contributed by atoms with Gasteiger partial charge in [-0.1, -0.05) is 23.2 Å². The normalized spacial score (nSPS) is 26.3. The second-order valence-electron chi connectivity index (χ2n) is 5.33. The van der Waals surface area contributed by atoms with Gasteiger partial charge in [0.2, 0.25) is 0 Å². The van der Waals surface area contributed by atoms with Crippen molar-refractivity contribution in [2.45, 2.75) is 18.9 Å². The third-order valence-corrected chi connectivity index (χ3v) is 4.43. The zero-order valence-electron chi connectivity index (χ0n) is 10.5. The molecule has 102 valence electrons. The highest BCUT2D eigenvalue weighted by Crippen LogP contribution is 2.27. The van der Waals surface area contributed by atoms with Crippen molar-refractivity contribution >= 4 is 29.1 Å². The van der Waals surface area contributed by atoms with E-state index in [4.69, 9.17) is 23.2 Å². The van der Waals surface area contributed by atoms with E-state index in [1.807, 2.05) is 4.90 Å². The van der Waals surface area contributed by atoms with Crippen molar-refractivity contribution in [3.63, 3.8) is 0 Å². The molecule has 1 aromatic carbocycles. The second-order valence-corrected chi connectivity index (χ2v) is 6.20. The number of likely N-dealkylation sites (tertiary alicyclic amines) is 1. The lowest BCUT2D eigenvalue weighted by molar-refractivity contribution is 0.0785. The lowest BCUT2D eigenvalue weighted by Crippen LogP contribution is -2.41. The van der Waals surface area contributed by atoms with E-state index in [0.717, 1.165) is 19.6 Å². The Balaban J connectivity index is 1.77. The Morgan fingerprint density at radius 1 is 1.21 bits per heavy atom. The highest BCUT2D eigenvalue weighted by Gasteiger charge is 2.36. The van der Waals surface area contributed by atoms with Crippen molar-refractivity contribution in [2.24, 2.45) is 5.92 Å². The summed E-state index contributed by atoms with van der Waals surface area (Å²) in [5, 5.41) is 4.50. The molecule has 2 heterocycles. The van der Waals surface area contributed by atoms with Gasteiger partial charge in [0.1, 0.15) is 0 Å². The molecule has 5 heteroatoms. The number of fused-ring (bicyclic) bond motifs is 1. The fourth-order valence-corrected chi connectivity index (χ4v) is 3.60. The van der Waals surface area contributed by atoms with E-state index in [1.165, 1.54) is 12.8 Å². The summed E-state index contributed by atoms with van der Waals surface area (Å²) in [5.74, 6) is 0.618. The van der Waals surface area contributed by atoms with Crippen LogP contribution in [0.5, 0.6) is 0 Å². The number of carbonyl (C=O) groups excluding carboxylic acids is 1. The van der Waals surface area contributed by atoms with E-state index in [2.05, 4.69) is 5.32 Å². The molecule has 0 bridgehead atoms. The molecule has 0 aromatic heterocycles. The molecule has 0 spiro atoms. The molecule has 2 aliphatic heterocycles. The van der Waals surface area contributed by atoms with Crippen LogP contribution in [0.3, 0.4) is 0 Å². The fraction of sp³-hybridized carbons (Fsp3) is 0.500. The maximum Gasteiger partial charge on any atom is 0.254 e. The maximum absolute atomic E-state index is 12.5. The molecular weight excluding hydrogens is 283 g/mol. The summed E-state index contributed by atoms with van der Waals surface area (Å²) in [7, 11) is 0. The summed E-state index contributed by atoms with van der Waals surface area (Å²) in [6, 6.07) is 5.47. The van der Waals surface area contributed by atoms with Gasteiger partial charge in [-0.15, -0.1) is 0 Å². The van der Waals surface area contributed by atoms with Crippen LogP contribution < -0.4 is 5.32 Å². The molecule has 0 saturated carbocycles. The Bertz CT molecular complexity index is 472. The van der Waals surface area contributed by atoms with Gasteiger partial charge in [-0.05, 0) is 43.5 Å². The van der Waals surface area contributed by atoms with Gasteiger partial charge in [-0.25, -0.2) is 0 Å². The standard InChI is InChI=1S/C14H16Cl2N2O/c15-11-4-10(5-12(16)6-11)14(19)18-7-9-2-1-3-17-13(9)8-18/h4-6,9,13,17H,1-3,7-8H2/t9-,13+/m0/s1. The SMILES string of the molecule is O=C(c1cc(Cl)cc(Cl)c1)N1C[C@@H]2CCCN[C@@H]2C1. The van der Waals surface area contributed by atoms with Gasteiger partial charge in [-0.2, -0.15) is 0 Å². The van der Waals surface area contributed by atoms with Crippen molar-refractivity contribution in [3.8, 4) is 0 Å². The molecule has 19 heavy (non-hydrogen) atoms. The van der Waals surface area contributed by atoms with Crippen LogP contribution in [-0.2, 0) is 0 Å². The number of nitrogens with zero attached hydrogens (tertiary/aromatic N) is 1. The third-order valence-electron chi connectivity index (χ3n) is 4.00. The van der Waals surface area contributed by atoms with Gasteiger partial charge < -0.3 is 10.2 Å².